The first kappa shape index (κ1) is 18.9. The first-order valence-electron chi connectivity index (χ1n) is 9.06. The quantitative estimate of drug-likeness (QED) is 0.846. The number of thiophene rings is 1. The number of benzene rings is 1. The third-order valence-electron chi connectivity index (χ3n) is 4.97. The number of piperazine rings is 1. The lowest BCUT2D eigenvalue weighted by Gasteiger charge is -2.38. The molecule has 1 saturated heterocycles. The number of hydrogen-bond acceptors (Lipinski definition) is 5. The molecule has 2 aromatic rings. The van der Waals surface area contributed by atoms with Crippen molar-refractivity contribution in [3.05, 3.63) is 52.2 Å². The summed E-state index contributed by atoms with van der Waals surface area (Å²) in [6.07, 6.45) is 0. The van der Waals surface area contributed by atoms with Crippen LogP contribution in [0, 0.1) is 0 Å². The van der Waals surface area contributed by atoms with Crippen LogP contribution >= 0.6 is 11.3 Å². The van der Waals surface area contributed by atoms with Crippen LogP contribution in [-0.2, 0) is 0 Å². The smallest absolute Gasteiger partial charge is 0.261 e. The summed E-state index contributed by atoms with van der Waals surface area (Å²) in [6, 6.07) is 12.7. The second kappa shape index (κ2) is 8.66. The molecule has 0 bridgehead atoms. The van der Waals surface area contributed by atoms with Crippen molar-refractivity contribution in [2.45, 2.75) is 6.04 Å². The maximum Gasteiger partial charge on any atom is 0.261 e. The number of carbonyl (C=O) groups excluding carboxylic acids is 1. The van der Waals surface area contributed by atoms with Crippen LogP contribution in [0.1, 0.15) is 21.3 Å². The van der Waals surface area contributed by atoms with Crippen LogP contribution in [0.4, 0.5) is 5.69 Å². The topological polar surface area (TPSA) is 38.8 Å². The molecule has 1 N–H and O–H groups in total. The van der Waals surface area contributed by atoms with Crippen LogP contribution in [0.15, 0.2) is 41.8 Å². The molecule has 0 spiro atoms. The Morgan fingerprint density at radius 3 is 2.42 bits per heavy atom. The molecule has 1 fully saturated rings. The number of amides is 1. The highest BCUT2D eigenvalue weighted by atomic mass is 32.1. The van der Waals surface area contributed by atoms with Gasteiger partial charge in [-0.05, 0) is 36.2 Å². The first-order valence-corrected chi connectivity index (χ1v) is 9.94. The van der Waals surface area contributed by atoms with Gasteiger partial charge in [0.15, 0.2) is 0 Å². The molecular weight excluding hydrogens is 344 g/mol. The van der Waals surface area contributed by atoms with Gasteiger partial charge in [-0.2, -0.15) is 0 Å². The fourth-order valence-corrected chi connectivity index (χ4v) is 3.91. The summed E-state index contributed by atoms with van der Waals surface area (Å²) >= 11 is 1.48. The van der Waals surface area contributed by atoms with Crippen molar-refractivity contribution in [2.75, 3.05) is 58.8 Å². The molecule has 1 aromatic heterocycles. The second-order valence-corrected chi connectivity index (χ2v) is 7.98. The molecular formula is C20H28N4OS. The van der Waals surface area contributed by atoms with Crippen molar-refractivity contribution < 1.29 is 4.79 Å². The molecule has 1 aliphatic heterocycles. The lowest BCUT2D eigenvalue weighted by atomic mass is 10.0. The molecule has 26 heavy (non-hydrogen) atoms. The third-order valence-corrected chi connectivity index (χ3v) is 5.84. The van der Waals surface area contributed by atoms with Crippen LogP contribution in [0.25, 0.3) is 0 Å². The molecule has 2 heterocycles. The Hall–Kier alpha value is -1.89. The van der Waals surface area contributed by atoms with Gasteiger partial charge in [-0.25, -0.2) is 0 Å². The number of nitrogens with zero attached hydrogens (tertiary/aromatic N) is 3. The van der Waals surface area contributed by atoms with E-state index in [9.17, 15) is 4.79 Å². The minimum atomic E-state index is 0.0176. The van der Waals surface area contributed by atoms with E-state index >= 15 is 0 Å². The van der Waals surface area contributed by atoms with Gasteiger partial charge in [0.25, 0.3) is 5.91 Å². The Balaban J connectivity index is 1.73. The van der Waals surface area contributed by atoms with Gasteiger partial charge in [0, 0.05) is 52.5 Å². The standard InChI is InChI=1S/C20H28N4OS/c1-22(2)17-8-6-16(7-9-17)18(24-12-10-23(3)11-13-24)15-21-20(25)19-5-4-14-26-19/h4-9,14,18H,10-13,15H2,1-3H3,(H,21,25)/t18-/m1/s1. The largest absolute Gasteiger partial charge is 0.378 e. The molecule has 1 aliphatic rings. The lowest BCUT2D eigenvalue weighted by molar-refractivity contribution is 0.0889. The molecule has 6 heteroatoms. The normalized spacial score (nSPS) is 17.0. The lowest BCUT2D eigenvalue weighted by Crippen LogP contribution is -2.48. The van der Waals surface area contributed by atoms with Gasteiger partial charge in [-0.3, -0.25) is 9.69 Å². The number of carbonyl (C=O) groups is 1. The van der Waals surface area contributed by atoms with Crippen molar-refractivity contribution >= 4 is 22.9 Å². The highest BCUT2D eigenvalue weighted by Gasteiger charge is 2.24. The Morgan fingerprint density at radius 1 is 1.15 bits per heavy atom. The molecule has 3 rings (SSSR count). The van der Waals surface area contributed by atoms with Gasteiger partial charge >= 0.3 is 0 Å². The summed E-state index contributed by atoms with van der Waals surface area (Å²) in [4.78, 5) is 20.1. The van der Waals surface area contributed by atoms with E-state index in [4.69, 9.17) is 0 Å². The molecule has 0 radical (unpaired) electrons. The zero-order chi connectivity index (χ0) is 18.5. The van der Waals surface area contributed by atoms with Crippen LogP contribution in [0.3, 0.4) is 0 Å². The predicted octanol–water partition coefficient (Wildman–Crippen LogP) is 2.53. The average molecular weight is 373 g/mol. The van der Waals surface area contributed by atoms with E-state index in [0.29, 0.717) is 6.54 Å². The average Bonchev–Trinajstić information content (AvgIpc) is 3.18. The van der Waals surface area contributed by atoms with Crippen molar-refractivity contribution in [1.29, 1.82) is 0 Å². The summed E-state index contributed by atoms with van der Waals surface area (Å²) < 4.78 is 0. The summed E-state index contributed by atoms with van der Waals surface area (Å²) in [7, 11) is 6.26. The second-order valence-electron chi connectivity index (χ2n) is 7.03. The number of hydrogen-bond donors (Lipinski definition) is 1. The number of anilines is 1. The molecule has 1 atom stereocenters. The molecule has 1 aromatic carbocycles. The van der Waals surface area contributed by atoms with Gasteiger partial charge in [0.1, 0.15) is 0 Å². The molecule has 1 amide bonds. The SMILES string of the molecule is CN1CCN([C@H](CNC(=O)c2cccs2)c2ccc(N(C)C)cc2)CC1. The highest BCUT2D eigenvalue weighted by Crippen LogP contribution is 2.24. The maximum atomic E-state index is 12.4. The summed E-state index contributed by atoms with van der Waals surface area (Å²) in [6.45, 7) is 4.79. The Labute approximate surface area is 160 Å². The van der Waals surface area contributed by atoms with Crippen molar-refractivity contribution in [1.82, 2.24) is 15.1 Å². The monoisotopic (exact) mass is 372 g/mol. The Bertz CT molecular complexity index is 691. The molecule has 0 saturated carbocycles. The van der Waals surface area contributed by atoms with Crippen LogP contribution < -0.4 is 10.2 Å². The van der Waals surface area contributed by atoms with Gasteiger partial charge in [-0.15, -0.1) is 11.3 Å². The number of nitrogens with one attached hydrogen (secondary N) is 1. The van der Waals surface area contributed by atoms with E-state index in [1.807, 2.05) is 31.6 Å². The molecule has 140 valence electrons. The van der Waals surface area contributed by atoms with Crippen LogP contribution in [-0.4, -0.2) is 69.6 Å². The van der Waals surface area contributed by atoms with E-state index in [1.165, 1.54) is 22.6 Å². The summed E-state index contributed by atoms with van der Waals surface area (Å²) in [5.74, 6) is 0.0176. The van der Waals surface area contributed by atoms with E-state index < -0.39 is 0 Å². The summed E-state index contributed by atoms with van der Waals surface area (Å²) in [5, 5.41) is 5.07. The van der Waals surface area contributed by atoms with Gasteiger partial charge in [0.05, 0.1) is 10.9 Å². The van der Waals surface area contributed by atoms with Gasteiger partial charge in [-0.1, -0.05) is 18.2 Å². The zero-order valence-corrected chi connectivity index (χ0v) is 16.6. The van der Waals surface area contributed by atoms with E-state index in [1.54, 1.807) is 0 Å². The zero-order valence-electron chi connectivity index (χ0n) is 15.8. The van der Waals surface area contributed by atoms with Crippen molar-refractivity contribution in [2.24, 2.45) is 0 Å². The third kappa shape index (κ3) is 4.63. The van der Waals surface area contributed by atoms with Crippen molar-refractivity contribution in [3.63, 3.8) is 0 Å². The van der Waals surface area contributed by atoms with Crippen LogP contribution in [0.5, 0.6) is 0 Å². The number of likely N-dealkylation sites (N-methyl/N-ethyl adjacent to an activating group) is 1. The number of rotatable bonds is 6. The maximum absolute atomic E-state index is 12.4. The molecule has 5 nitrogen and oxygen atoms in total. The Morgan fingerprint density at radius 2 is 1.85 bits per heavy atom. The van der Waals surface area contributed by atoms with Crippen LogP contribution in [0.2, 0.25) is 0 Å². The van der Waals surface area contributed by atoms with E-state index in [0.717, 1.165) is 31.1 Å². The van der Waals surface area contributed by atoms with E-state index in [2.05, 4.69) is 51.3 Å². The van der Waals surface area contributed by atoms with Gasteiger partial charge in [0.2, 0.25) is 0 Å². The molecule has 0 aliphatic carbocycles. The van der Waals surface area contributed by atoms with Crippen molar-refractivity contribution in [3.8, 4) is 0 Å². The van der Waals surface area contributed by atoms with E-state index in [-0.39, 0.29) is 11.9 Å². The first-order chi connectivity index (χ1) is 12.5. The highest BCUT2D eigenvalue weighted by molar-refractivity contribution is 7.12. The summed E-state index contributed by atoms with van der Waals surface area (Å²) in [5.41, 5.74) is 2.44. The molecule has 0 unspecified atom stereocenters. The minimum Gasteiger partial charge on any atom is -0.378 e. The fourth-order valence-electron chi connectivity index (χ4n) is 3.27. The fraction of sp³-hybridized carbons (Fsp3) is 0.450. The minimum absolute atomic E-state index is 0.0176. The van der Waals surface area contributed by atoms with Gasteiger partial charge < -0.3 is 15.1 Å². The Kier molecular flexibility index (Phi) is 6.29. The predicted molar refractivity (Wildman–Crippen MR) is 109 cm³/mol.